The normalized spacial score (nSPS) is 16.4. The van der Waals surface area contributed by atoms with Crippen molar-refractivity contribution in [1.82, 2.24) is 9.21 Å². The monoisotopic (exact) mass is 382 g/mol. The summed E-state index contributed by atoms with van der Waals surface area (Å²) in [5, 5.41) is 8.94. The van der Waals surface area contributed by atoms with Gasteiger partial charge in [0, 0.05) is 25.2 Å². The summed E-state index contributed by atoms with van der Waals surface area (Å²) in [6, 6.07) is 5.75. The quantitative estimate of drug-likeness (QED) is 0.779. The zero-order chi connectivity index (χ0) is 19.3. The molecular weight excluding hydrogens is 356 g/mol. The van der Waals surface area contributed by atoms with Gasteiger partial charge in [-0.05, 0) is 49.4 Å². The highest BCUT2D eigenvalue weighted by Crippen LogP contribution is 2.23. The van der Waals surface area contributed by atoms with Crippen LogP contribution in [0.15, 0.2) is 29.2 Å². The van der Waals surface area contributed by atoms with Gasteiger partial charge in [-0.15, -0.1) is 0 Å². The standard InChI is InChI=1S/C18H26N2O5S/c1-3-10-19(13-17(21)22)18(23)15-4-6-16(7-5-15)26(24,25)20-11-8-14(2)9-12-20/h4-7,14H,3,8-13H2,1-2H3,(H,21,22). The van der Waals surface area contributed by atoms with Gasteiger partial charge in [-0.2, -0.15) is 4.31 Å². The van der Waals surface area contributed by atoms with Gasteiger partial charge in [0.25, 0.3) is 5.91 Å². The Bertz CT molecular complexity index is 737. The van der Waals surface area contributed by atoms with E-state index in [1.165, 1.54) is 33.5 Å². The summed E-state index contributed by atoms with van der Waals surface area (Å²) in [5.41, 5.74) is 0.283. The third-order valence-electron chi connectivity index (χ3n) is 4.59. The van der Waals surface area contributed by atoms with Crippen molar-refractivity contribution in [2.45, 2.75) is 38.0 Å². The molecule has 7 nitrogen and oxygen atoms in total. The fourth-order valence-electron chi connectivity index (χ4n) is 3.01. The first-order chi connectivity index (χ1) is 12.3. The summed E-state index contributed by atoms with van der Waals surface area (Å²) in [4.78, 5) is 24.8. The SMILES string of the molecule is CCCN(CC(=O)O)C(=O)c1ccc(S(=O)(=O)N2CCC(C)CC2)cc1. The number of piperidine rings is 1. The first-order valence-electron chi connectivity index (χ1n) is 8.87. The lowest BCUT2D eigenvalue weighted by Crippen LogP contribution is -2.38. The number of nitrogens with zero attached hydrogens (tertiary/aromatic N) is 2. The molecule has 0 aromatic heterocycles. The average Bonchev–Trinajstić information content (AvgIpc) is 2.61. The summed E-state index contributed by atoms with van der Waals surface area (Å²) >= 11 is 0. The zero-order valence-corrected chi connectivity index (χ0v) is 16.0. The maximum absolute atomic E-state index is 12.7. The first kappa shape index (κ1) is 20.4. The van der Waals surface area contributed by atoms with Gasteiger partial charge in [0.05, 0.1) is 4.90 Å². The molecular formula is C18H26N2O5S. The molecule has 0 saturated carbocycles. The van der Waals surface area contributed by atoms with Crippen LogP contribution in [0.2, 0.25) is 0 Å². The average molecular weight is 382 g/mol. The Morgan fingerprint density at radius 3 is 2.27 bits per heavy atom. The Labute approximate surface area is 154 Å². The molecule has 1 aliphatic heterocycles. The number of hydrogen-bond acceptors (Lipinski definition) is 4. The molecule has 0 aliphatic carbocycles. The van der Waals surface area contributed by atoms with Gasteiger partial charge in [-0.3, -0.25) is 9.59 Å². The van der Waals surface area contributed by atoms with Crippen molar-refractivity contribution in [3.63, 3.8) is 0 Å². The van der Waals surface area contributed by atoms with Crippen LogP contribution in [-0.2, 0) is 14.8 Å². The van der Waals surface area contributed by atoms with Crippen LogP contribution < -0.4 is 0 Å². The Balaban J connectivity index is 2.16. The fraction of sp³-hybridized carbons (Fsp3) is 0.556. The highest BCUT2D eigenvalue weighted by atomic mass is 32.2. The lowest BCUT2D eigenvalue weighted by atomic mass is 10.0. The number of aliphatic carboxylic acids is 1. The van der Waals surface area contributed by atoms with Crippen molar-refractivity contribution in [3.05, 3.63) is 29.8 Å². The second-order valence-electron chi connectivity index (χ2n) is 6.73. The van der Waals surface area contributed by atoms with Gasteiger partial charge in [-0.25, -0.2) is 8.42 Å². The van der Waals surface area contributed by atoms with Crippen LogP contribution in [0.25, 0.3) is 0 Å². The van der Waals surface area contributed by atoms with E-state index >= 15 is 0 Å². The van der Waals surface area contributed by atoms with Crippen molar-refractivity contribution in [1.29, 1.82) is 0 Å². The summed E-state index contributed by atoms with van der Waals surface area (Å²) in [5.74, 6) is -0.962. The number of carboxylic acids is 1. The third-order valence-corrected chi connectivity index (χ3v) is 6.50. The molecule has 1 N–H and O–H groups in total. The number of carbonyl (C=O) groups is 2. The number of rotatable bonds is 7. The van der Waals surface area contributed by atoms with Crippen molar-refractivity contribution in [3.8, 4) is 0 Å². The second kappa shape index (κ2) is 8.64. The third kappa shape index (κ3) is 4.82. The Hall–Kier alpha value is -1.93. The maximum atomic E-state index is 12.7. The van der Waals surface area contributed by atoms with Crippen molar-refractivity contribution >= 4 is 21.9 Å². The van der Waals surface area contributed by atoms with Crippen LogP contribution in [0.3, 0.4) is 0 Å². The summed E-state index contributed by atoms with van der Waals surface area (Å²) in [7, 11) is -3.56. The predicted octanol–water partition coefficient (Wildman–Crippen LogP) is 2.04. The summed E-state index contributed by atoms with van der Waals surface area (Å²) in [6.45, 7) is 4.94. The molecule has 8 heteroatoms. The van der Waals surface area contributed by atoms with Gasteiger partial charge in [-0.1, -0.05) is 13.8 Å². The van der Waals surface area contributed by atoms with Gasteiger partial charge in [0.1, 0.15) is 6.54 Å². The largest absolute Gasteiger partial charge is 0.480 e. The molecule has 1 saturated heterocycles. The minimum atomic E-state index is -3.56. The van der Waals surface area contributed by atoms with Crippen LogP contribution >= 0.6 is 0 Å². The van der Waals surface area contributed by atoms with Crippen LogP contribution in [0.4, 0.5) is 0 Å². The van der Waals surface area contributed by atoms with E-state index in [4.69, 9.17) is 5.11 Å². The van der Waals surface area contributed by atoms with E-state index in [-0.39, 0.29) is 17.0 Å². The molecule has 1 heterocycles. The molecule has 0 bridgehead atoms. The van der Waals surface area contributed by atoms with Crippen LogP contribution in [0.5, 0.6) is 0 Å². The second-order valence-corrected chi connectivity index (χ2v) is 8.67. The van der Waals surface area contributed by atoms with Gasteiger partial charge >= 0.3 is 5.97 Å². The molecule has 1 aliphatic rings. The summed E-state index contributed by atoms with van der Waals surface area (Å²) < 4.78 is 26.9. The van der Waals surface area contributed by atoms with E-state index in [0.29, 0.717) is 32.0 Å². The number of sulfonamides is 1. The van der Waals surface area contributed by atoms with Crippen molar-refractivity contribution in [2.75, 3.05) is 26.2 Å². The Kier molecular flexibility index (Phi) is 6.77. The topological polar surface area (TPSA) is 95.0 Å². The van der Waals surface area contributed by atoms with Gasteiger partial charge in [0.15, 0.2) is 0 Å². The predicted molar refractivity (Wildman–Crippen MR) is 97.4 cm³/mol. The molecule has 0 radical (unpaired) electrons. The highest BCUT2D eigenvalue weighted by Gasteiger charge is 2.28. The van der Waals surface area contributed by atoms with E-state index in [2.05, 4.69) is 6.92 Å². The van der Waals surface area contributed by atoms with E-state index in [9.17, 15) is 18.0 Å². The molecule has 1 amide bonds. The molecule has 2 rings (SSSR count). The highest BCUT2D eigenvalue weighted by molar-refractivity contribution is 7.89. The maximum Gasteiger partial charge on any atom is 0.323 e. The number of carbonyl (C=O) groups excluding carboxylic acids is 1. The first-order valence-corrected chi connectivity index (χ1v) is 10.3. The van der Waals surface area contributed by atoms with E-state index in [0.717, 1.165) is 12.8 Å². The van der Waals surface area contributed by atoms with Gasteiger partial charge in [0.2, 0.25) is 10.0 Å². The Morgan fingerprint density at radius 1 is 1.19 bits per heavy atom. The molecule has 0 atom stereocenters. The zero-order valence-electron chi connectivity index (χ0n) is 15.2. The smallest absolute Gasteiger partial charge is 0.323 e. The van der Waals surface area contributed by atoms with Crippen LogP contribution in [0.1, 0.15) is 43.5 Å². The number of amides is 1. The number of benzene rings is 1. The fourth-order valence-corrected chi connectivity index (χ4v) is 4.48. The molecule has 1 aromatic rings. The minimum absolute atomic E-state index is 0.156. The number of hydrogen-bond donors (Lipinski definition) is 1. The van der Waals surface area contributed by atoms with E-state index < -0.39 is 21.9 Å². The lowest BCUT2D eigenvalue weighted by Gasteiger charge is -2.29. The molecule has 0 spiro atoms. The molecule has 1 aromatic carbocycles. The Morgan fingerprint density at radius 2 is 1.77 bits per heavy atom. The lowest BCUT2D eigenvalue weighted by molar-refractivity contribution is -0.137. The van der Waals surface area contributed by atoms with Crippen molar-refractivity contribution < 1.29 is 23.1 Å². The van der Waals surface area contributed by atoms with Crippen LogP contribution in [-0.4, -0.2) is 60.8 Å². The summed E-state index contributed by atoms with van der Waals surface area (Å²) in [6.07, 6.45) is 2.33. The van der Waals surface area contributed by atoms with Crippen LogP contribution in [0, 0.1) is 5.92 Å². The molecule has 1 fully saturated rings. The van der Waals surface area contributed by atoms with Crippen molar-refractivity contribution in [2.24, 2.45) is 5.92 Å². The number of carboxylic acid groups (broad SMARTS) is 1. The minimum Gasteiger partial charge on any atom is -0.480 e. The molecule has 26 heavy (non-hydrogen) atoms. The van der Waals surface area contributed by atoms with E-state index in [1.807, 2.05) is 6.92 Å². The van der Waals surface area contributed by atoms with Gasteiger partial charge < -0.3 is 10.0 Å². The molecule has 144 valence electrons. The molecule has 0 unspecified atom stereocenters. The van der Waals surface area contributed by atoms with E-state index in [1.54, 1.807) is 0 Å².